The summed E-state index contributed by atoms with van der Waals surface area (Å²) in [5.74, 6) is 0.968. The Kier molecular flexibility index (Phi) is 2.29. The number of carbonyl (C=O) groups excluding carboxylic acids is 1. The summed E-state index contributed by atoms with van der Waals surface area (Å²) in [6.07, 6.45) is 0.187. The van der Waals surface area contributed by atoms with Crippen molar-refractivity contribution in [2.24, 2.45) is 10.8 Å². The Bertz CT molecular complexity index is 411. The predicted molar refractivity (Wildman–Crippen MR) is 56.7 cm³/mol. The number of anilines is 1. The molecular weight excluding hydrogens is 194 g/mol. The van der Waals surface area contributed by atoms with Crippen LogP contribution in [0.15, 0.2) is 29.4 Å². The normalized spacial score (nSPS) is 15.4. The summed E-state index contributed by atoms with van der Waals surface area (Å²) in [5, 5.41) is 5.23. The molecule has 0 spiro atoms. The number of amides is 1. The molecule has 1 heterocycles. The van der Waals surface area contributed by atoms with Crippen molar-refractivity contribution in [1.82, 2.24) is 0 Å². The van der Waals surface area contributed by atoms with E-state index >= 15 is 0 Å². The maximum absolute atomic E-state index is 11.4. The minimum Gasteiger partial charge on any atom is -0.497 e. The minimum absolute atomic E-state index is 0.113. The molecule has 0 aromatic heterocycles. The summed E-state index contributed by atoms with van der Waals surface area (Å²) in [6.45, 7) is 0. The van der Waals surface area contributed by atoms with Crippen molar-refractivity contribution in [3.63, 3.8) is 0 Å². The van der Waals surface area contributed by atoms with Gasteiger partial charge in [-0.3, -0.25) is 4.79 Å². The number of carbonyl (C=O) groups is 1. The van der Waals surface area contributed by atoms with Crippen molar-refractivity contribution in [3.8, 4) is 5.75 Å². The first-order valence-electron chi connectivity index (χ1n) is 4.50. The molecule has 0 unspecified atom stereocenters. The van der Waals surface area contributed by atoms with E-state index in [0.717, 1.165) is 5.75 Å². The number of hydrogen-bond donors (Lipinski definition) is 1. The first-order chi connectivity index (χ1) is 7.20. The predicted octanol–water partition coefficient (Wildman–Crippen LogP) is 0.704. The molecule has 1 aliphatic rings. The highest BCUT2D eigenvalue weighted by Crippen LogP contribution is 2.22. The average molecular weight is 205 g/mol. The van der Waals surface area contributed by atoms with Gasteiger partial charge in [-0.1, -0.05) is 0 Å². The van der Waals surface area contributed by atoms with Crippen LogP contribution in [0, 0.1) is 0 Å². The molecule has 1 aromatic rings. The lowest BCUT2D eigenvalue weighted by Gasteiger charge is -2.11. The van der Waals surface area contributed by atoms with E-state index in [9.17, 15) is 4.79 Å². The summed E-state index contributed by atoms with van der Waals surface area (Å²) < 4.78 is 5.02. The zero-order valence-corrected chi connectivity index (χ0v) is 8.30. The van der Waals surface area contributed by atoms with Gasteiger partial charge in [0, 0.05) is 0 Å². The molecule has 15 heavy (non-hydrogen) atoms. The van der Waals surface area contributed by atoms with E-state index in [1.54, 1.807) is 31.4 Å². The summed E-state index contributed by atoms with van der Waals surface area (Å²) in [4.78, 5) is 11.4. The van der Waals surface area contributed by atoms with E-state index in [-0.39, 0.29) is 12.3 Å². The molecule has 1 aliphatic heterocycles. The van der Waals surface area contributed by atoms with Gasteiger partial charge in [-0.05, 0) is 24.3 Å². The topological polar surface area (TPSA) is 67.9 Å². The second kappa shape index (κ2) is 3.61. The van der Waals surface area contributed by atoms with Crippen LogP contribution in [0.5, 0.6) is 5.75 Å². The van der Waals surface area contributed by atoms with Crippen LogP contribution in [-0.4, -0.2) is 18.9 Å². The molecule has 0 aliphatic carbocycles. The van der Waals surface area contributed by atoms with Gasteiger partial charge in [0.2, 0.25) is 0 Å². The van der Waals surface area contributed by atoms with Crippen molar-refractivity contribution in [1.29, 1.82) is 0 Å². The molecule has 5 heteroatoms. The number of ether oxygens (including phenoxy) is 1. The maximum Gasteiger partial charge on any atom is 0.255 e. The molecule has 0 atom stereocenters. The van der Waals surface area contributed by atoms with Crippen LogP contribution in [0.1, 0.15) is 6.42 Å². The molecule has 2 rings (SSSR count). The Hall–Kier alpha value is -2.04. The lowest BCUT2D eigenvalue weighted by molar-refractivity contribution is -0.116. The second-order valence-electron chi connectivity index (χ2n) is 3.17. The van der Waals surface area contributed by atoms with Crippen molar-refractivity contribution in [3.05, 3.63) is 24.3 Å². The van der Waals surface area contributed by atoms with E-state index in [1.807, 2.05) is 0 Å². The van der Waals surface area contributed by atoms with E-state index < -0.39 is 0 Å². The molecule has 0 fully saturated rings. The standard InChI is InChI=1S/C10H11N3O2/c1-15-8-4-2-7(3-5-8)13-10(14)6-9(11)12-13/h2-5H,6H2,1H3,(H2,11,12). The van der Waals surface area contributed by atoms with Crippen LogP contribution < -0.4 is 15.5 Å². The molecule has 1 aromatic carbocycles. The minimum atomic E-state index is -0.113. The maximum atomic E-state index is 11.4. The smallest absolute Gasteiger partial charge is 0.255 e. The van der Waals surface area contributed by atoms with E-state index in [4.69, 9.17) is 10.5 Å². The monoisotopic (exact) mass is 205 g/mol. The van der Waals surface area contributed by atoms with Gasteiger partial charge in [0.1, 0.15) is 11.6 Å². The quantitative estimate of drug-likeness (QED) is 0.772. The first-order valence-corrected chi connectivity index (χ1v) is 4.50. The van der Waals surface area contributed by atoms with Gasteiger partial charge in [-0.25, -0.2) is 0 Å². The van der Waals surface area contributed by atoms with Crippen LogP contribution >= 0.6 is 0 Å². The van der Waals surface area contributed by atoms with Gasteiger partial charge < -0.3 is 10.5 Å². The summed E-state index contributed by atoms with van der Waals surface area (Å²) in [7, 11) is 1.59. The lowest BCUT2D eigenvalue weighted by Crippen LogP contribution is -2.19. The second-order valence-corrected chi connectivity index (χ2v) is 3.17. The fourth-order valence-electron chi connectivity index (χ4n) is 1.37. The molecule has 0 saturated carbocycles. The first kappa shape index (κ1) is 9.51. The highest BCUT2D eigenvalue weighted by molar-refractivity contribution is 6.11. The fourth-order valence-corrected chi connectivity index (χ4v) is 1.37. The Morgan fingerprint density at radius 1 is 1.40 bits per heavy atom. The van der Waals surface area contributed by atoms with Gasteiger partial charge >= 0.3 is 0 Å². The third-order valence-electron chi connectivity index (χ3n) is 2.11. The molecule has 0 bridgehead atoms. The highest BCUT2D eigenvalue weighted by atomic mass is 16.5. The van der Waals surface area contributed by atoms with Crippen molar-refractivity contribution in [2.75, 3.05) is 12.1 Å². The Labute approximate surface area is 87.1 Å². The number of hydrazone groups is 1. The van der Waals surface area contributed by atoms with Crippen LogP contribution in [0.25, 0.3) is 0 Å². The molecule has 0 radical (unpaired) electrons. The SMILES string of the molecule is COc1ccc(N2N=C(N)CC2=O)cc1. The summed E-state index contributed by atoms with van der Waals surface area (Å²) in [6, 6.07) is 7.07. The molecule has 78 valence electrons. The van der Waals surface area contributed by atoms with Crippen LogP contribution in [0.4, 0.5) is 5.69 Å². The number of nitrogens with two attached hydrogens (primary N) is 1. The van der Waals surface area contributed by atoms with Crippen LogP contribution in [0.2, 0.25) is 0 Å². The summed E-state index contributed by atoms with van der Waals surface area (Å²) >= 11 is 0. The van der Waals surface area contributed by atoms with Gasteiger partial charge in [-0.2, -0.15) is 10.1 Å². The Balaban J connectivity index is 2.26. The number of methoxy groups -OCH3 is 1. The Morgan fingerprint density at radius 2 is 2.07 bits per heavy atom. The van der Waals surface area contributed by atoms with Gasteiger partial charge in [-0.15, -0.1) is 0 Å². The van der Waals surface area contributed by atoms with E-state index in [0.29, 0.717) is 11.5 Å². The lowest BCUT2D eigenvalue weighted by atomic mass is 10.3. The number of nitrogens with zero attached hydrogens (tertiary/aromatic N) is 2. The zero-order valence-electron chi connectivity index (χ0n) is 8.30. The van der Waals surface area contributed by atoms with Gasteiger partial charge in [0.05, 0.1) is 19.2 Å². The fraction of sp³-hybridized carbons (Fsp3) is 0.200. The third kappa shape index (κ3) is 1.76. The van der Waals surface area contributed by atoms with Crippen molar-refractivity contribution in [2.45, 2.75) is 6.42 Å². The molecule has 5 nitrogen and oxygen atoms in total. The zero-order chi connectivity index (χ0) is 10.8. The van der Waals surface area contributed by atoms with Crippen molar-refractivity contribution >= 4 is 17.4 Å². The molecular formula is C10H11N3O2. The molecule has 0 saturated heterocycles. The molecule has 2 N–H and O–H groups in total. The third-order valence-corrected chi connectivity index (χ3v) is 2.11. The van der Waals surface area contributed by atoms with E-state index in [1.165, 1.54) is 5.01 Å². The van der Waals surface area contributed by atoms with E-state index in [2.05, 4.69) is 5.10 Å². The molecule has 1 amide bonds. The van der Waals surface area contributed by atoms with Crippen molar-refractivity contribution < 1.29 is 9.53 Å². The van der Waals surface area contributed by atoms with Gasteiger partial charge in [0.25, 0.3) is 5.91 Å². The largest absolute Gasteiger partial charge is 0.497 e. The van der Waals surface area contributed by atoms with Crippen LogP contribution in [-0.2, 0) is 4.79 Å². The Morgan fingerprint density at radius 3 is 2.53 bits per heavy atom. The average Bonchev–Trinajstić information content (AvgIpc) is 2.58. The number of rotatable bonds is 2. The number of amidine groups is 1. The summed E-state index contributed by atoms with van der Waals surface area (Å²) in [5.41, 5.74) is 6.17. The number of hydrogen-bond acceptors (Lipinski definition) is 4. The highest BCUT2D eigenvalue weighted by Gasteiger charge is 2.23. The number of benzene rings is 1. The van der Waals surface area contributed by atoms with Crippen LogP contribution in [0.3, 0.4) is 0 Å². The van der Waals surface area contributed by atoms with Gasteiger partial charge in [0.15, 0.2) is 0 Å².